The number of hydrogen-bond acceptors (Lipinski definition) is 1. The third-order valence-corrected chi connectivity index (χ3v) is 4.88. The molecule has 0 spiro atoms. The summed E-state index contributed by atoms with van der Waals surface area (Å²) in [4.78, 5) is 4.73. The van der Waals surface area contributed by atoms with E-state index in [1.807, 2.05) is 12.3 Å². The third-order valence-electron chi connectivity index (χ3n) is 4.88. The first-order chi connectivity index (χ1) is 11.4. The van der Waals surface area contributed by atoms with Crippen LogP contribution in [0.3, 0.4) is 0 Å². The summed E-state index contributed by atoms with van der Waals surface area (Å²) in [5.41, 5.74) is 3.41. The van der Waals surface area contributed by atoms with Crippen LogP contribution in [0.1, 0.15) is 0 Å². The normalized spacial score (nSPS) is 11.8. The molecule has 6 aromatic rings. The molecule has 3 heteroatoms. The van der Waals surface area contributed by atoms with E-state index in [2.05, 4.69) is 65.1 Å². The van der Waals surface area contributed by atoms with Crippen molar-refractivity contribution in [3.8, 4) is 0 Å². The maximum Gasteiger partial charge on any atom is 0.0640 e. The maximum atomic E-state index is 4.73. The molecule has 0 amide bonds. The number of para-hydroxylation sites is 1. The number of pyridine rings is 2. The molecule has 0 unspecified atom stereocenters. The molecule has 6 rings (SSSR count). The fraction of sp³-hybridized carbons (Fsp3) is 0. The molecule has 115 valence electrons. The molecule has 0 saturated heterocycles. The molecule has 0 aliphatic rings. The van der Waals surface area contributed by atoms with E-state index < -0.39 is 0 Å². The average molecular weight is 484 g/mol. The summed E-state index contributed by atoms with van der Waals surface area (Å²) in [6.45, 7) is 0. The first kappa shape index (κ1) is 13.9. The largest absolute Gasteiger partial charge is 0.333 e. The van der Waals surface area contributed by atoms with Crippen molar-refractivity contribution in [3.05, 3.63) is 72.9 Å². The molecule has 0 aliphatic heterocycles. The zero-order chi connectivity index (χ0) is 15.0. The van der Waals surface area contributed by atoms with Crippen LogP contribution in [0.5, 0.6) is 0 Å². The Hall–Kier alpha value is -2.48. The molecule has 3 aromatic carbocycles. The Bertz CT molecular complexity index is 1260. The quantitative estimate of drug-likeness (QED) is 0.165. The summed E-state index contributed by atoms with van der Waals surface area (Å²) in [7, 11) is 0. The monoisotopic (exact) mass is 484 g/mol. The number of nitrogens with zero attached hydrogens (tertiary/aromatic N) is 2. The van der Waals surface area contributed by atoms with Crippen molar-refractivity contribution in [3.63, 3.8) is 0 Å². The molecule has 0 saturated carbocycles. The van der Waals surface area contributed by atoms with Crippen LogP contribution < -0.4 is 0 Å². The second-order valence-corrected chi connectivity index (χ2v) is 6.01. The zero-order valence-electron chi connectivity index (χ0n) is 12.6. The summed E-state index contributed by atoms with van der Waals surface area (Å²) in [5, 5.41) is 7.37. The predicted molar refractivity (Wildman–Crippen MR) is 95.2 cm³/mol. The molecule has 0 fully saturated rings. The van der Waals surface area contributed by atoms with Crippen LogP contribution in [0.2, 0.25) is 0 Å². The summed E-state index contributed by atoms with van der Waals surface area (Å²) in [6.07, 6.45) is 1.99. The van der Waals surface area contributed by atoms with E-state index in [9.17, 15) is 0 Å². The van der Waals surface area contributed by atoms with Crippen LogP contribution in [0.25, 0.3) is 49.0 Å². The van der Waals surface area contributed by atoms with E-state index in [0.29, 0.717) is 0 Å². The van der Waals surface area contributed by atoms with Gasteiger partial charge < -0.3 is 4.40 Å². The van der Waals surface area contributed by atoms with E-state index in [4.69, 9.17) is 4.98 Å². The van der Waals surface area contributed by atoms with Crippen LogP contribution >= 0.6 is 0 Å². The van der Waals surface area contributed by atoms with E-state index in [1.165, 1.54) is 38.0 Å². The van der Waals surface area contributed by atoms with Gasteiger partial charge in [-0.3, -0.25) is 4.98 Å². The minimum absolute atomic E-state index is 0. The number of imidazole rings is 1. The van der Waals surface area contributed by atoms with Crippen molar-refractivity contribution >= 4 is 49.0 Å². The molecule has 0 aliphatic carbocycles. The first-order valence-electron chi connectivity index (χ1n) is 7.76. The van der Waals surface area contributed by atoms with Crippen molar-refractivity contribution in [2.45, 2.75) is 0 Å². The molecular formula is C21H11IrN2-. The van der Waals surface area contributed by atoms with Gasteiger partial charge in [-0.1, -0.05) is 47.9 Å². The van der Waals surface area contributed by atoms with Gasteiger partial charge in [-0.15, -0.1) is 29.7 Å². The van der Waals surface area contributed by atoms with Crippen LogP contribution in [0.4, 0.5) is 0 Å². The van der Waals surface area contributed by atoms with Crippen molar-refractivity contribution in [1.29, 1.82) is 0 Å². The average Bonchev–Trinajstić information content (AvgIpc) is 3.07. The van der Waals surface area contributed by atoms with Gasteiger partial charge in [0.2, 0.25) is 0 Å². The molecule has 0 bridgehead atoms. The van der Waals surface area contributed by atoms with Gasteiger partial charge in [-0.25, -0.2) is 0 Å². The number of fused-ring (bicyclic) bond motifs is 6. The van der Waals surface area contributed by atoms with Gasteiger partial charge in [0.15, 0.2) is 0 Å². The van der Waals surface area contributed by atoms with E-state index in [1.54, 1.807) is 0 Å². The minimum Gasteiger partial charge on any atom is -0.333 e. The summed E-state index contributed by atoms with van der Waals surface area (Å²) < 4.78 is 2.30. The van der Waals surface area contributed by atoms with Crippen LogP contribution in [-0.4, -0.2) is 9.38 Å². The predicted octanol–water partition coefficient (Wildman–Crippen LogP) is 5.18. The molecule has 3 heterocycles. The Morgan fingerprint density at radius 3 is 2.33 bits per heavy atom. The van der Waals surface area contributed by atoms with Crippen LogP contribution in [-0.2, 0) is 20.1 Å². The van der Waals surface area contributed by atoms with Crippen molar-refractivity contribution in [2.75, 3.05) is 0 Å². The Kier molecular flexibility index (Phi) is 2.76. The fourth-order valence-corrected chi connectivity index (χ4v) is 3.95. The molecule has 0 N–H and O–H groups in total. The first-order valence-corrected chi connectivity index (χ1v) is 7.76. The van der Waals surface area contributed by atoms with Gasteiger partial charge >= 0.3 is 0 Å². The van der Waals surface area contributed by atoms with E-state index in [0.717, 1.165) is 11.0 Å². The van der Waals surface area contributed by atoms with Gasteiger partial charge in [0.1, 0.15) is 0 Å². The summed E-state index contributed by atoms with van der Waals surface area (Å²) >= 11 is 0. The molecule has 0 atom stereocenters. The second kappa shape index (κ2) is 4.76. The number of benzene rings is 3. The Morgan fingerprint density at radius 1 is 0.750 bits per heavy atom. The Balaban J connectivity index is 0.00000131. The minimum atomic E-state index is 0. The van der Waals surface area contributed by atoms with E-state index >= 15 is 0 Å². The maximum absolute atomic E-state index is 4.73. The van der Waals surface area contributed by atoms with E-state index in [-0.39, 0.29) is 20.1 Å². The topological polar surface area (TPSA) is 17.3 Å². The Morgan fingerprint density at radius 2 is 1.46 bits per heavy atom. The SMILES string of the molecule is [Ir].[c-]1cccc2c1c1ncc3c4ccccc4c4cccc2c4n31. The van der Waals surface area contributed by atoms with Gasteiger partial charge in [-0.2, -0.15) is 0 Å². The third kappa shape index (κ3) is 1.51. The summed E-state index contributed by atoms with van der Waals surface area (Å²) in [6, 6.07) is 24.7. The van der Waals surface area contributed by atoms with Gasteiger partial charge in [-0.05, 0) is 10.8 Å². The number of aromatic nitrogens is 2. The second-order valence-electron chi connectivity index (χ2n) is 6.01. The zero-order valence-corrected chi connectivity index (χ0v) is 15.0. The van der Waals surface area contributed by atoms with Crippen LogP contribution in [0, 0.1) is 6.07 Å². The molecular weight excluding hydrogens is 472 g/mol. The Labute approximate surface area is 151 Å². The van der Waals surface area contributed by atoms with Gasteiger partial charge in [0, 0.05) is 42.6 Å². The van der Waals surface area contributed by atoms with Gasteiger partial charge in [0.05, 0.1) is 11.2 Å². The number of rotatable bonds is 0. The van der Waals surface area contributed by atoms with Crippen molar-refractivity contribution in [1.82, 2.24) is 9.38 Å². The summed E-state index contributed by atoms with van der Waals surface area (Å²) in [5.74, 6) is 0. The van der Waals surface area contributed by atoms with Crippen molar-refractivity contribution in [2.24, 2.45) is 0 Å². The molecule has 1 radical (unpaired) electrons. The van der Waals surface area contributed by atoms with Gasteiger partial charge in [0.25, 0.3) is 0 Å². The van der Waals surface area contributed by atoms with Crippen LogP contribution in [0.15, 0.2) is 66.9 Å². The standard InChI is InChI=1S/C21H11N2.Ir/c1-3-8-15-13(6-1)16-10-5-11-17-14-7-2-4-9-18(14)21-22-12-19(15)23(21)20(16)17;/h1-8,10-12H;/q-1;. The number of hydrogen-bond donors (Lipinski definition) is 0. The fourth-order valence-electron chi connectivity index (χ4n) is 3.95. The molecule has 2 nitrogen and oxygen atoms in total. The van der Waals surface area contributed by atoms with Crippen molar-refractivity contribution < 1.29 is 20.1 Å². The smallest absolute Gasteiger partial charge is 0.0640 e. The molecule has 24 heavy (non-hydrogen) atoms. The molecule has 3 aromatic heterocycles.